The van der Waals surface area contributed by atoms with Gasteiger partial charge in [-0.15, -0.1) is 3.89 Å². The fourth-order valence-electron chi connectivity index (χ4n) is 2.85. The van der Waals surface area contributed by atoms with Crippen LogP contribution >= 0.6 is 0 Å². The lowest BCUT2D eigenvalue weighted by molar-refractivity contribution is -0.117. The van der Waals surface area contributed by atoms with Gasteiger partial charge in [0.1, 0.15) is 5.25 Å². The van der Waals surface area contributed by atoms with E-state index in [1.54, 1.807) is 29.2 Å². The molecule has 2 amide bonds. The molecule has 1 aromatic rings. The second-order valence-electron chi connectivity index (χ2n) is 5.47. The second-order valence-corrected chi connectivity index (χ2v) is 7.09. The van der Waals surface area contributed by atoms with Crippen molar-refractivity contribution in [1.82, 2.24) is 0 Å². The number of rotatable bonds is 3. The summed E-state index contributed by atoms with van der Waals surface area (Å²) in [6, 6.07) is 6.71. The van der Waals surface area contributed by atoms with Gasteiger partial charge in [-0.2, -0.15) is 8.42 Å². The highest BCUT2D eigenvalue weighted by molar-refractivity contribution is 7.87. The van der Waals surface area contributed by atoms with Crippen LogP contribution in [0.25, 0.3) is 0 Å². The number of benzene rings is 1. The highest BCUT2D eigenvalue weighted by Gasteiger charge is 2.39. The molecule has 2 aliphatic rings. The fourth-order valence-corrected chi connectivity index (χ4v) is 3.52. The summed E-state index contributed by atoms with van der Waals surface area (Å²) in [6.07, 6.45) is 1.01. The molecule has 1 unspecified atom stereocenters. The van der Waals surface area contributed by atoms with E-state index in [9.17, 15) is 21.9 Å². The lowest BCUT2D eigenvalue weighted by Crippen LogP contribution is -2.27. The van der Waals surface area contributed by atoms with Crippen molar-refractivity contribution in [3.05, 3.63) is 24.3 Å². The first-order valence-electron chi connectivity index (χ1n) is 7.00. The van der Waals surface area contributed by atoms with Crippen molar-refractivity contribution in [3.63, 3.8) is 0 Å². The molecular weight excluding hydrogens is 311 g/mol. The highest BCUT2D eigenvalue weighted by atomic mass is 32.3. The third-order valence-corrected chi connectivity index (χ3v) is 5.15. The molecule has 2 saturated heterocycles. The molecule has 2 fully saturated rings. The minimum absolute atomic E-state index is 0.0635. The Balaban J connectivity index is 1.79. The molecule has 22 heavy (non-hydrogen) atoms. The first-order chi connectivity index (χ1) is 10.4. The molecule has 1 aromatic carbocycles. The molecule has 0 saturated carbocycles. The van der Waals surface area contributed by atoms with Gasteiger partial charge in [0.2, 0.25) is 11.8 Å². The average Bonchev–Trinajstić information content (AvgIpc) is 3.05. The summed E-state index contributed by atoms with van der Waals surface area (Å²) < 4.78 is 34.9. The minimum Gasteiger partial charge on any atom is -0.312 e. The van der Waals surface area contributed by atoms with Crippen LogP contribution < -0.4 is 9.80 Å². The topological polar surface area (TPSA) is 74.8 Å². The number of carbonyl (C=O) groups is 2. The lowest BCUT2D eigenvalue weighted by atomic mass is 10.2. The standard InChI is InChI=1S/C14H15FN2O4S/c15-22(20,21)12-8-14(19)17(9-12)11-5-3-10(4-6-11)16-7-1-2-13(16)18/h3-6,12H,1-2,7-9H2. The van der Waals surface area contributed by atoms with E-state index in [1.807, 2.05) is 0 Å². The molecule has 0 aromatic heterocycles. The molecule has 6 nitrogen and oxygen atoms in total. The molecule has 118 valence electrons. The third-order valence-electron chi connectivity index (χ3n) is 4.03. The van der Waals surface area contributed by atoms with Gasteiger partial charge in [-0.3, -0.25) is 9.59 Å². The third kappa shape index (κ3) is 2.70. The Morgan fingerprint density at radius 1 is 1.00 bits per heavy atom. The zero-order valence-corrected chi connectivity index (χ0v) is 12.6. The van der Waals surface area contributed by atoms with Crippen molar-refractivity contribution in [3.8, 4) is 0 Å². The zero-order chi connectivity index (χ0) is 15.9. The summed E-state index contributed by atoms with van der Waals surface area (Å²) >= 11 is 0. The summed E-state index contributed by atoms with van der Waals surface area (Å²) in [4.78, 5) is 26.5. The fraction of sp³-hybridized carbons (Fsp3) is 0.429. The number of anilines is 2. The maximum atomic E-state index is 13.0. The van der Waals surface area contributed by atoms with Crippen molar-refractivity contribution in [1.29, 1.82) is 0 Å². The highest BCUT2D eigenvalue weighted by Crippen LogP contribution is 2.29. The second kappa shape index (κ2) is 5.35. The van der Waals surface area contributed by atoms with E-state index < -0.39 is 21.4 Å². The number of amides is 2. The zero-order valence-electron chi connectivity index (χ0n) is 11.7. The van der Waals surface area contributed by atoms with Gasteiger partial charge in [0.25, 0.3) is 0 Å². The molecule has 0 aliphatic carbocycles. The van der Waals surface area contributed by atoms with Gasteiger partial charge < -0.3 is 9.80 Å². The Labute approximate surface area is 127 Å². The predicted molar refractivity (Wildman–Crippen MR) is 78.8 cm³/mol. The van der Waals surface area contributed by atoms with Crippen LogP contribution in [0.1, 0.15) is 19.3 Å². The Morgan fingerprint density at radius 2 is 1.59 bits per heavy atom. The molecule has 0 N–H and O–H groups in total. The molecule has 0 bridgehead atoms. The summed E-state index contributed by atoms with van der Waals surface area (Å²) in [5.41, 5.74) is 1.25. The Kier molecular flexibility index (Phi) is 3.64. The molecular formula is C14H15FN2O4S. The molecule has 1 atom stereocenters. The van der Waals surface area contributed by atoms with E-state index >= 15 is 0 Å². The first-order valence-corrected chi connectivity index (χ1v) is 8.45. The van der Waals surface area contributed by atoms with Gasteiger partial charge in [-0.05, 0) is 30.7 Å². The van der Waals surface area contributed by atoms with Crippen LogP contribution in [0.2, 0.25) is 0 Å². The predicted octanol–water partition coefficient (Wildman–Crippen LogP) is 1.22. The van der Waals surface area contributed by atoms with Gasteiger partial charge in [0.15, 0.2) is 0 Å². The monoisotopic (exact) mass is 326 g/mol. The first kappa shape index (κ1) is 15.0. The van der Waals surface area contributed by atoms with Gasteiger partial charge >= 0.3 is 10.2 Å². The van der Waals surface area contributed by atoms with Crippen molar-refractivity contribution >= 4 is 33.4 Å². The van der Waals surface area contributed by atoms with E-state index in [1.165, 1.54) is 4.90 Å². The van der Waals surface area contributed by atoms with Gasteiger partial charge in [0.05, 0.1) is 0 Å². The maximum Gasteiger partial charge on any atom is 0.307 e. The van der Waals surface area contributed by atoms with E-state index in [0.717, 1.165) is 12.1 Å². The minimum atomic E-state index is -4.72. The van der Waals surface area contributed by atoms with Gasteiger partial charge in [-0.25, -0.2) is 0 Å². The molecule has 8 heteroatoms. The van der Waals surface area contributed by atoms with Crippen LogP contribution in [0.4, 0.5) is 15.3 Å². The quantitative estimate of drug-likeness (QED) is 0.783. The van der Waals surface area contributed by atoms with Crippen LogP contribution in [-0.4, -0.2) is 38.6 Å². The summed E-state index contributed by atoms with van der Waals surface area (Å²) in [6.45, 7) is 0.489. The largest absolute Gasteiger partial charge is 0.312 e. The smallest absolute Gasteiger partial charge is 0.307 e. The van der Waals surface area contributed by atoms with E-state index in [4.69, 9.17) is 0 Å². The summed E-state index contributed by atoms with van der Waals surface area (Å²) in [5.74, 6) is -0.357. The van der Waals surface area contributed by atoms with Crippen LogP contribution in [0.5, 0.6) is 0 Å². The van der Waals surface area contributed by atoms with Crippen molar-refractivity contribution in [2.45, 2.75) is 24.5 Å². The Morgan fingerprint density at radius 3 is 2.05 bits per heavy atom. The number of carbonyl (C=O) groups excluding carboxylic acids is 2. The van der Waals surface area contributed by atoms with Crippen molar-refractivity contribution in [2.24, 2.45) is 0 Å². The lowest BCUT2D eigenvalue weighted by Gasteiger charge is -2.19. The van der Waals surface area contributed by atoms with Gasteiger partial charge in [-0.1, -0.05) is 0 Å². The number of nitrogens with zero attached hydrogens (tertiary/aromatic N) is 2. The van der Waals surface area contributed by atoms with E-state index in [-0.39, 0.29) is 18.9 Å². The Bertz CT molecular complexity index is 717. The summed E-state index contributed by atoms with van der Waals surface area (Å²) in [7, 11) is -4.72. The maximum absolute atomic E-state index is 13.0. The summed E-state index contributed by atoms with van der Waals surface area (Å²) in [5, 5.41) is -1.31. The SMILES string of the molecule is O=C1CCCN1c1ccc(N2CC(S(=O)(=O)F)CC2=O)cc1. The van der Waals surface area contributed by atoms with Gasteiger partial charge in [0, 0.05) is 37.3 Å². The normalized spacial score (nSPS) is 22.7. The van der Waals surface area contributed by atoms with Crippen LogP contribution in [0, 0.1) is 0 Å². The molecule has 2 heterocycles. The van der Waals surface area contributed by atoms with Crippen LogP contribution in [0.3, 0.4) is 0 Å². The average molecular weight is 326 g/mol. The van der Waals surface area contributed by atoms with Crippen molar-refractivity contribution in [2.75, 3.05) is 22.9 Å². The Hall–Kier alpha value is -1.96. The van der Waals surface area contributed by atoms with Crippen LogP contribution in [0.15, 0.2) is 24.3 Å². The molecule has 0 radical (unpaired) electrons. The van der Waals surface area contributed by atoms with Crippen molar-refractivity contribution < 1.29 is 21.9 Å². The van der Waals surface area contributed by atoms with E-state index in [0.29, 0.717) is 18.7 Å². The number of hydrogen-bond donors (Lipinski definition) is 0. The molecule has 3 rings (SSSR count). The number of halogens is 1. The van der Waals surface area contributed by atoms with Crippen LogP contribution in [-0.2, 0) is 19.8 Å². The number of hydrogen-bond acceptors (Lipinski definition) is 4. The molecule has 2 aliphatic heterocycles. The van der Waals surface area contributed by atoms with E-state index in [2.05, 4.69) is 0 Å². The molecule has 0 spiro atoms.